The molecule has 0 amide bonds. The van der Waals surface area contributed by atoms with Crippen LogP contribution in [0, 0.1) is 6.92 Å². The average molecular weight is 221 g/mol. The predicted octanol–water partition coefficient (Wildman–Crippen LogP) is 1.60. The molecule has 16 heavy (non-hydrogen) atoms. The second-order valence-corrected chi connectivity index (χ2v) is 3.53. The molecule has 2 heterocycles. The standard InChI is InChI=1S/C10H15N5O/c1-3-5-15-6-4-11-10(15)12-7-9-13-8(2)14-16-9/h4,6H,3,5,7H2,1-2H3,(H,11,12). The molecule has 0 saturated carbocycles. The fraction of sp³-hybridized carbons (Fsp3) is 0.500. The molecule has 2 aromatic heterocycles. The number of aryl methyl sites for hydroxylation is 2. The third kappa shape index (κ3) is 2.39. The fourth-order valence-electron chi connectivity index (χ4n) is 1.46. The van der Waals surface area contributed by atoms with Gasteiger partial charge in [-0.15, -0.1) is 0 Å². The van der Waals surface area contributed by atoms with Crippen molar-refractivity contribution < 1.29 is 4.52 Å². The molecule has 0 bridgehead atoms. The molecule has 6 heteroatoms. The van der Waals surface area contributed by atoms with Crippen molar-refractivity contribution in [3.63, 3.8) is 0 Å². The maximum atomic E-state index is 5.00. The van der Waals surface area contributed by atoms with Crippen LogP contribution in [0.25, 0.3) is 0 Å². The number of hydrogen-bond donors (Lipinski definition) is 1. The van der Waals surface area contributed by atoms with Gasteiger partial charge in [0.05, 0.1) is 6.54 Å². The second-order valence-electron chi connectivity index (χ2n) is 3.53. The summed E-state index contributed by atoms with van der Waals surface area (Å²) in [6, 6.07) is 0. The second kappa shape index (κ2) is 4.78. The van der Waals surface area contributed by atoms with Gasteiger partial charge in [0.1, 0.15) is 0 Å². The zero-order valence-electron chi connectivity index (χ0n) is 9.47. The highest BCUT2D eigenvalue weighted by atomic mass is 16.5. The lowest BCUT2D eigenvalue weighted by Gasteiger charge is -2.06. The molecule has 0 fully saturated rings. The van der Waals surface area contributed by atoms with Crippen LogP contribution in [0.4, 0.5) is 5.95 Å². The maximum Gasteiger partial charge on any atom is 0.246 e. The SMILES string of the molecule is CCCn1ccnc1NCc1nc(C)no1. The molecule has 0 saturated heterocycles. The van der Waals surface area contributed by atoms with Crippen molar-refractivity contribution in [1.82, 2.24) is 19.7 Å². The number of anilines is 1. The summed E-state index contributed by atoms with van der Waals surface area (Å²) >= 11 is 0. The van der Waals surface area contributed by atoms with Gasteiger partial charge in [-0.2, -0.15) is 4.98 Å². The Kier molecular flexibility index (Phi) is 3.19. The van der Waals surface area contributed by atoms with E-state index < -0.39 is 0 Å². The van der Waals surface area contributed by atoms with E-state index in [0.29, 0.717) is 18.3 Å². The summed E-state index contributed by atoms with van der Waals surface area (Å²) in [5.41, 5.74) is 0. The van der Waals surface area contributed by atoms with Crippen molar-refractivity contribution in [3.05, 3.63) is 24.1 Å². The van der Waals surface area contributed by atoms with Crippen LogP contribution >= 0.6 is 0 Å². The number of nitrogens with zero attached hydrogens (tertiary/aromatic N) is 4. The summed E-state index contributed by atoms with van der Waals surface area (Å²) in [4.78, 5) is 8.33. The van der Waals surface area contributed by atoms with E-state index >= 15 is 0 Å². The molecule has 86 valence electrons. The normalized spacial score (nSPS) is 10.6. The van der Waals surface area contributed by atoms with Crippen LogP contribution in [0.15, 0.2) is 16.9 Å². The van der Waals surface area contributed by atoms with E-state index in [1.165, 1.54) is 0 Å². The van der Waals surface area contributed by atoms with Gasteiger partial charge in [0, 0.05) is 18.9 Å². The van der Waals surface area contributed by atoms with Crippen molar-refractivity contribution in [3.8, 4) is 0 Å². The van der Waals surface area contributed by atoms with E-state index in [2.05, 4.69) is 31.9 Å². The Balaban J connectivity index is 1.96. The van der Waals surface area contributed by atoms with Crippen LogP contribution in [-0.2, 0) is 13.1 Å². The fourth-order valence-corrected chi connectivity index (χ4v) is 1.46. The summed E-state index contributed by atoms with van der Waals surface area (Å²) in [5, 5.41) is 6.89. The summed E-state index contributed by atoms with van der Waals surface area (Å²) in [6.45, 7) is 5.38. The first-order valence-electron chi connectivity index (χ1n) is 5.33. The minimum atomic E-state index is 0.502. The zero-order valence-corrected chi connectivity index (χ0v) is 9.47. The van der Waals surface area contributed by atoms with E-state index in [-0.39, 0.29) is 0 Å². The summed E-state index contributed by atoms with van der Waals surface area (Å²) < 4.78 is 7.06. The molecule has 0 unspecified atom stereocenters. The van der Waals surface area contributed by atoms with E-state index in [0.717, 1.165) is 18.9 Å². The lowest BCUT2D eigenvalue weighted by Crippen LogP contribution is -2.07. The van der Waals surface area contributed by atoms with Crippen LogP contribution in [0.5, 0.6) is 0 Å². The largest absolute Gasteiger partial charge is 0.347 e. The molecule has 0 radical (unpaired) electrons. The monoisotopic (exact) mass is 221 g/mol. The number of rotatable bonds is 5. The molecule has 0 aliphatic rings. The molecule has 0 spiro atoms. The first-order valence-corrected chi connectivity index (χ1v) is 5.33. The maximum absolute atomic E-state index is 5.00. The van der Waals surface area contributed by atoms with Crippen molar-refractivity contribution in [1.29, 1.82) is 0 Å². The molecule has 0 aromatic carbocycles. The molecule has 0 aliphatic heterocycles. The third-order valence-electron chi connectivity index (χ3n) is 2.15. The molecule has 6 nitrogen and oxygen atoms in total. The zero-order chi connectivity index (χ0) is 11.4. The van der Waals surface area contributed by atoms with Crippen molar-refractivity contribution >= 4 is 5.95 Å². The van der Waals surface area contributed by atoms with Gasteiger partial charge in [-0.05, 0) is 13.3 Å². The molecule has 1 N–H and O–H groups in total. The van der Waals surface area contributed by atoms with Crippen LogP contribution in [0.1, 0.15) is 25.1 Å². The summed E-state index contributed by atoms with van der Waals surface area (Å²) in [6.07, 6.45) is 4.80. The summed E-state index contributed by atoms with van der Waals surface area (Å²) in [5.74, 6) is 2.05. The number of aromatic nitrogens is 4. The molecule has 2 rings (SSSR count). The van der Waals surface area contributed by atoms with Gasteiger partial charge in [-0.25, -0.2) is 4.98 Å². The van der Waals surface area contributed by atoms with Crippen LogP contribution in [0.3, 0.4) is 0 Å². The third-order valence-corrected chi connectivity index (χ3v) is 2.15. The predicted molar refractivity (Wildman–Crippen MR) is 58.9 cm³/mol. The number of imidazole rings is 1. The minimum Gasteiger partial charge on any atom is -0.347 e. The van der Waals surface area contributed by atoms with Gasteiger partial charge < -0.3 is 14.4 Å². The van der Waals surface area contributed by atoms with Gasteiger partial charge in [0.15, 0.2) is 5.82 Å². The van der Waals surface area contributed by atoms with E-state index in [9.17, 15) is 0 Å². The van der Waals surface area contributed by atoms with Gasteiger partial charge >= 0.3 is 0 Å². The van der Waals surface area contributed by atoms with E-state index in [1.54, 1.807) is 13.1 Å². The number of nitrogens with one attached hydrogen (secondary N) is 1. The first kappa shape index (κ1) is 10.7. The Labute approximate surface area is 93.7 Å². The van der Waals surface area contributed by atoms with Gasteiger partial charge in [-0.1, -0.05) is 12.1 Å². The van der Waals surface area contributed by atoms with Gasteiger partial charge in [-0.3, -0.25) is 0 Å². The van der Waals surface area contributed by atoms with E-state index in [1.807, 2.05) is 6.20 Å². The van der Waals surface area contributed by atoms with Crippen LogP contribution in [0.2, 0.25) is 0 Å². The Bertz CT molecular complexity index is 448. The first-order chi connectivity index (χ1) is 7.79. The van der Waals surface area contributed by atoms with Crippen LogP contribution in [-0.4, -0.2) is 19.7 Å². The summed E-state index contributed by atoms with van der Waals surface area (Å²) in [7, 11) is 0. The van der Waals surface area contributed by atoms with Crippen molar-refractivity contribution in [2.75, 3.05) is 5.32 Å². The van der Waals surface area contributed by atoms with Gasteiger partial charge in [0.2, 0.25) is 11.8 Å². The highest BCUT2D eigenvalue weighted by molar-refractivity contribution is 5.25. The highest BCUT2D eigenvalue weighted by Crippen LogP contribution is 2.07. The number of hydrogen-bond acceptors (Lipinski definition) is 5. The van der Waals surface area contributed by atoms with Crippen LogP contribution < -0.4 is 5.32 Å². The molecule has 2 aromatic rings. The Morgan fingerprint density at radius 1 is 1.50 bits per heavy atom. The van der Waals surface area contributed by atoms with E-state index in [4.69, 9.17) is 4.52 Å². The average Bonchev–Trinajstić information content (AvgIpc) is 2.85. The Morgan fingerprint density at radius 3 is 3.06 bits per heavy atom. The molecular weight excluding hydrogens is 206 g/mol. The molecular formula is C10H15N5O. The minimum absolute atomic E-state index is 0.502. The smallest absolute Gasteiger partial charge is 0.246 e. The topological polar surface area (TPSA) is 68.8 Å². The lowest BCUT2D eigenvalue weighted by molar-refractivity contribution is 0.379. The quantitative estimate of drug-likeness (QED) is 0.830. The van der Waals surface area contributed by atoms with Gasteiger partial charge in [0.25, 0.3) is 0 Å². The van der Waals surface area contributed by atoms with Crippen molar-refractivity contribution in [2.24, 2.45) is 0 Å². The molecule has 0 atom stereocenters. The Hall–Kier alpha value is -1.85. The molecule has 0 aliphatic carbocycles. The highest BCUT2D eigenvalue weighted by Gasteiger charge is 2.05. The van der Waals surface area contributed by atoms with Crippen molar-refractivity contribution in [2.45, 2.75) is 33.4 Å². The Morgan fingerprint density at radius 2 is 2.38 bits per heavy atom. The lowest BCUT2D eigenvalue weighted by atomic mass is 10.5.